The fourth-order valence-corrected chi connectivity index (χ4v) is 2.66. The van der Waals surface area contributed by atoms with Gasteiger partial charge in [-0.3, -0.25) is 0 Å². The molecule has 0 aliphatic carbocycles. The lowest BCUT2D eigenvalue weighted by Crippen LogP contribution is -1.94. The van der Waals surface area contributed by atoms with Gasteiger partial charge >= 0.3 is 5.97 Å². The Morgan fingerprint density at radius 3 is 3.00 bits per heavy atom. The largest absolute Gasteiger partial charge is 0.478 e. The van der Waals surface area contributed by atoms with E-state index in [-0.39, 0.29) is 5.56 Å². The van der Waals surface area contributed by atoms with Gasteiger partial charge in [-0.15, -0.1) is 11.3 Å². The number of rotatable bonds is 1. The number of fused-ring (bicyclic) bond motifs is 3. The molecule has 3 rings (SSSR count). The van der Waals surface area contributed by atoms with Crippen LogP contribution in [0.25, 0.3) is 20.3 Å². The van der Waals surface area contributed by atoms with E-state index in [2.05, 4.69) is 9.97 Å². The highest BCUT2D eigenvalue weighted by molar-refractivity contribution is 7.25. The summed E-state index contributed by atoms with van der Waals surface area (Å²) in [4.78, 5) is 19.0. The van der Waals surface area contributed by atoms with Crippen LogP contribution >= 0.6 is 11.3 Å². The van der Waals surface area contributed by atoms with Gasteiger partial charge in [-0.1, -0.05) is 0 Å². The van der Waals surface area contributed by atoms with Crippen molar-refractivity contribution in [3.63, 3.8) is 0 Å². The highest BCUT2D eigenvalue weighted by Gasteiger charge is 2.09. The molecule has 0 radical (unpaired) electrons. The fourth-order valence-electron chi connectivity index (χ4n) is 1.65. The van der Waals surface area contributed by atoms with Crippen LogP contribution in [0.1, 0.15) is 10.4 Å². The van der Waals surface area contributed by atoms with E-state index in [1.54, 1.807) is 29.7 Å². The summed E-state index contributed by atoms with van der Waals surface area (Å²) in [7, 11) is 0. The van der Waals surface area contributed by atoms with E-state index >= 15 is 0 Å². The third-order valence-electron chi connectivity index (χ3n) is 2.38. The summed E-state index contributed by atoms with van der Waals surface area (Å²) in [5.74, 6) is -0.921. The zero-order chi connectivity index (χ0) is 11.1. The van der Waals surface area contributed by atoms with Crippen molar-refractivity contribution in [1.82, 2.24) is 9.97 Å². The molecule has 0 saturated carbocycles. The van der Waals surface area contributed by atoms with Crippen LogP contribution in [-0.2, 0) is 0 Å². The zero-order valence-corrected chi connectivity index (χ0v) is 8.86. The highest BCUT2D eigenvalue weighted by Crippen LogP contribution is 2.32. The Hall–Kier alpha value is -2.01. The molecule has 0 bridgehead atoms. The van der Waals surface area contributed by atoms with Crippen molar-refractivity contribution >= 4 is 37.6 Å². The summed E-state index contributed by atoms with van der Waals surface area (Å²) in [5.41, 5.74) is 1.10. The van der Waals surface area contributed by atoms with Gasteiger partial charge in [-0.25, -0.2) is 14.8 Å². The van der Waals surface area contributed by atoms with Crippen LogP contribution in [0.4, 0.5) is 0 Å². The van der Waals surface area contributed by atoms with E-state index in [0.29, 0.717) is 0 Å². The van der Waals surface area contributed by atoms with E-state index in [4.69, 9.17) is 5.11 Å². The molecule has 0 unspecified atom stereocenters. The molecule has 0 aliphatic rings. The Labute approximate surface area is 94.2 Å². The van der Waals surface area contributed by atoms with Crippen LogP contribution in [0.3, 0.4) is 0 Å². The van der Waals surface area contributed by atoms with Gasteiger partial charge in [-0.05, 0) is 18.2 Å². The van der Waals surface area contributed by atoms with Gasteiger partial charge in [0.25, 0.3) is 0 Å². The van der Waals surface area contributed by atoms with Crippen molar-refractivity contribution in [3.8, 4) is 0 Å². The molecule has 1 N–H and O–H groups in total. The summed E-state index contributed by atoms with van der Waals surface area (Å²) < 4.78 is 2.00. The van der Waals surface area contributed by atoms with E-state index < -0.39 is 5.97 Å². The molecule has 0 fully saturated rings. The van der Waals surface area contributed by atoms with Crippen LogP contribution < -0.4 is 0 Å². The standard InChI is InChI=1S/C11H6N2O2S/c14-11(15)6-1-2-8-7(3-6)10-9(16-8)4-12-5-13-10/h1-5H,(H,14,15). The second-order valence-corrected chi connectivity index (χ2v) is 4.44. The van der Waals surface area contributed by atoms with E-state index in [1.807, 2.05) is 6.07 Å². The first-order valence-corrected chi connectivity index (χ1v) is 5.43. The average Bonchev–Trinajstić information content (AvgIpc) is 2.66. The number of carboxylic acid groups (broad SMARTS) is 1. The maximum Gasteiger partial charge on any atom is 0.335 e. The Morgan fingerprint density at radius 2 is 2.19 bits per heavy atom. The molecule has 0 atom stereocenters. The van der Waals surface area contributed by atoms with Crippen molar-refractivity contribution in [3.05, 3.63) is 36.3 Å². The van der Waals surface area contributed by atoms with Crippen LogP contribution in [0.5, 0.6) is 0 Å². The summed E-state index contributed by atoms with van der Waals surface area (Å²) in [6.45, 7) is 0. The molecule has 0 amide bonds. The molecule has 16 heavy (non-hydrogen) atoms. The van der Waals surface area contributed by atoms with E-state index in [0.717, 1.165) is 20.3 Å². The SMILES string of the molecule is O=C(O)c1ccc2sc3cncnc3c2c1. The number of thiophene rings is 1. The summed E-state index contributed by atoms with van der Waals surface area (Å²) in [6.07, 6.45) is 3.22. The molecule has 0 aliphatic heterocycles. The molecule has 0 saturated heterocycles. The Bertz CT molecular complexity index is 705. The molecule has 0 spiro atoms. The van der Waals surface area contributed by atoms with Crippen molar-refractivity contribution in [2.45, 2.75) is 0 Å². The predicted octanol–water partition coefficient (Wildman–Crippen LogP) is 2.54. The lowest BCUT2D eigenvalue weighted by Gasteiger charge is -1.94. The number of hydrogen-bond acceptors (Lipinski definition) is 4. The number of nitrogens with zero attached hydrogens (tertiary/aromatic N) is 2. The lowest BCUT2D eigenvalue weighted by molar-refractivity contribution is 0.0697. The minimum atomic E-state index is -0.921. The average molecular weight is 230 g/mol. The molecule has 2 heterocycles. The second-order valence-electron chi connectivity index (χ2n) is 3.35. The smallest absolute Gasteiger partial charge is 0.335 e. The molecular weight excluding hydrogens is 224 g/mol. The van der Waals surface area contributed by atoms with Crippen LogP contribution in [0, 0.1) is 0 Å². The minimum Gasteiger partial charge on any atom is -0.478 e. The molecular formula is C11H6N2O2S. The first kappa shape index (κ1) is 9.23. The summed E-state index contributed by atoms with van der Waals surface area (Å²) in [5, 5.41) is 9.80. The van der Waals surface area contributed by atoms with Crippen molar-refractivity contribution in [2.24, 2.45) is 0 Å². The number of aromatic carboxylic acids is 1. The first-order chi connectivity index (χ1) is 7.75. The molecule has 2 aromatic heterocycles. The number of hydrogen-bond donors (Lipinski definition) is 1. The quantitative estimate of drug-likeness (QED) is 0.697. The summed E-state index contributed by atoms with van der Waals surface area (Å²) >= 11 is 1.56. The maximum absolute atomic E-state index is 10.9. The Kier molecular flexibility index (Phi) is 1.87. The van der Waals surface area contributed by atoms with Crippen LogP contribution in [0.2, 0.25) is 0 Å². The highest BCUT2D eigenvalue weighted by atomic mass is 32.1. The van der Waals surface area contributed by atoms with Gasteiger partial charge in [0.05, 0.1) is 15.8 Å². The topological polar surface area (TPSA) is 63.1 Å². The van der Waals surface area contributed by atoms with Gasteiger partial charge in [0.1, 0.15) is 6.33 Å². The second kappa shape index (κ2) is 3.24. The predicted molar refractivity (Wildman–Crippen MR) is 61.9 cm³/mol. The Balaban J connectivity index is 2.44. The molecule has 78 valence electrons. The van der Waals surface area contributed by atoms with Crippen LogP contribution in [-0.4, -0.2) is 21.0 Å². The fraction of sp³-hybridized carbons (Fsp3) is 0. The number of carbonyl (C=O) groups is 1. The van der Waals surface area contributed by atoms with Crippen molar-refractivity contribution in [1.29, 1.82) is 0 Å². The van der Waals surface area contributed by atoms with Gasteiger partial charge in [0.15, 0.2) is 0 Å². The van der Waals surface area contributed by atoms with Gasteiger partial charge in [0.2, 0.25) is 0 Å². The maximum atomic E-state index is 10.9. The van der Waals surface area contributed by atoms with Crippen molar-refractivity contribution in [2.75, 3.05) is 0 Å². The van der Waals surface area contributed by atoms with Gasteiger partial charge in [0, 0.05) is 16.3 Å². The van der Waals surface area contributed by atoms with Gasteiger partial charge in [-0.2, -0.15) is 0 Å². The summed E-state index contributed by atoms with van der Waals surface area (Å²) in [6, 6.07) is 5.07. The first-order valence-electron chi connectivity index (χ1n) is 4.61. The molecule has 1 aromatic carbocycles. The molecule has 4 nitrogen and oxygen atoms in total. The molecule has 3 aromatic rings. The number of carboxylic acids is 1. The third-order valence-corrected chi connectivity index (χ3v) is 3.47. The van der Waals surface area contributed by atoms with E-state index in [1.165, 1.54) is 6.33 Å². The van der Waals surface area contributed by atoms with E-state index in [9.17, 15) is 4.79 Å². The zero-order valence-electron chi connectivity index (χ0n) is 8.04. The van der Waals surface area contributed by atoms with Crippen molar-refractivity contribution < 1.29 is 9.90 Å². The monoisotopic (exact) mass is 230 g/mol. The molecule has 5 heteroatoms. The van der Waals surface area contributed by atoms with Gasteiger partial charge < -0.3 is 5.11 Å². The minimum absolute atomic E-state index is 0.283. The third kappa shape index (κ3) is 1.25. The van der Waals surface area contributed by atoms with Crippen LogP contribution in [0.15, 0.2) is 30.7 Å². The number of benzene rings is 1. The Morgan fingerprint density at radius 1 is 1.31 bits per heavy atom. The number of aromatic nitrogens is 2. The lowest BCUT2D eigenvalue weighted by atomic mass is 10.1. The normalized spacial score (nSPS) is 11.0.